The smallest absolute Gasteiger partial charge is 0 e. The Morgan fingerprint density at radius 3 is 1.58 bits per heavy atom. The molecule has 0 saturated carbocycles. The van der Waals surface area contributed by atoms with Crippen LogP contribution in [0, 0.1) is 0 Å². The monoisotopic (exact) mass is 197 g/mol. The molecule has 2 heteroatoms. The van der Waals surface area contributed by atoms with E-state index in [1.807, 2.05) is 0 Å². The summed E-state index contributed by atoms with van der Waals surface area (Å²) in [6.45, 7) is 2.26. The van der Waals surface area contributed by atoms with E-state index in [0.717, 1.165) is 5.75 Å². The molecule has 0 heterocycles. The Labute approximate surface area is 106 Å². The molecule has 0 bridgehead atoms. The first-order valence-corrected chi connectivity index (χ1v) is 5.66. The molecule has 0 rings (SSSR count). The SMILES string of the molecule is CCCCCCCCCCS.[Na]. The fourth-order valence-electron chi connectivity index (χ4n) is 1.25. The van der Waals surface area contributed by atoms with Gasteiger partial charge in [-0.15, -0.1) is 0 Å². The number of hydrogen-bond acceptors (Lipinski definition) is 1. The van der Waals surface area contributed by atoms with Crippen LogP contribution >= 0.6 is 12.6 Å². The van der Waals surface area contributed by atoms with Gasteiger partial charge in [0.1, 0.15) is 0 Å². The van der Waals surface area contributed by atoms with Crippen molar-refractivity contribution in [3.05, 3.63) is 0 Å². The summed E-state index contributed by atoms with van der Waals surface area (Å²) in [4.78, 5) is 0. The van der Waals surface area contributed by atoms with Crippen molar-refractivity contribution < 1.29 is 0 Å². The Morgan fingerprint density at radius 1 is 0.750 bits per heavy atom. The Hall–Kier alpha value is 1.35. The molecule has 0 saturated heterocycles. The fourth-order valence-corrected chi connectivity index (χ4v) is 1.47. The van der Waals surface area contributed by atoms with E-state index in [1.165, 1.54) is 51.4 Å². The predicted molar refractivity (Wildman–Crippen MR) is 62.2 cm³/mol. The number of rotatable bonds is 8. The summed E-state index contributed by atoms with van der Waals surface area (Å²) in [6, 6.07) is 0. The molecule has 0 N–H and O–H groups in total. The van der Waals surface area contributed by atoms with Crippen LogP contribution < -0.4 is 0 Å². The van der Waals surface area contributed by atoms with E-state index in [2.05, 4.69) is 19.6 Å². The van der Waals surface area contributed by atoms with Crippen molar-refractivity contribution in [2.75, 3.05) is 5.75 Å². The van der Waals surface area contributed by atoms with Gasteiger partial charge in [0.25, 0.3) is 0 Å². The molecule has 0 aromatic heterocycles. The van der Waals surface area contributed by atoms with Gasteiger partial charge in [0.05, 0.1) is 0 Å². The van der Waals surface area contributed by atoms with Crippen LogP contribution in [-0.4, -0.2) is 35.3 Å². The van der Waals surface area contributed by atoms with E-state index in [4.69, 9.17) is 0 Å². The molecule has 0 unspecified atom stereocenters. The molecule has 0 aromatic rings. The van der Waals surface area contributed by atoms with Crippen molar-refractivity contribution >= 4 is 42.2 Å². The molecule has 0 aliphatic heterocycles. The molecule has 0 aromatic carbocycles. The minimum absolute atomic E-state index is 0. The second kappa shape index (κ2) is 14.9. The van der Waals surface area contributed by atoms with Crippen LogP contribution in [0.15, 0.2) is 0 Å². The minimum Gasteiger partial charge on any atom is -0.179 e. The van der Waals surface area contributed by atoms with Crippen LogP contribution in [0.5, 0.6) is 0 Å². The first-order chi connectivity index (χ1) is 5.41. The largest absolute Gasteiger partial charge is 0.179 e. The topological polar surface area (TPSA) is 0 Å². The summed E-state index contributed by atoms with van der Waals surface area (Å²) in [5, 5.41) is 0. The summed E-state index contributed by atoms with van der Waals surface area (Å²) in [5.41, 5.74) is 0. The van der Waals surface area contributed by atoms with E-state index in [9.17, 15) is 0 Å². The average Bonchev–Trinajstić information content (AvgIpc) is 2.03. The summed E-state index contributed by atoms with van der Waals surface area (Å²) < 4.78 is 0. The second-order valence-electron chi connectivity index (χ2n) is 3.20. The van der Waals surface area contributed by atoms with Gasteiger partial charge in [-0.1, -0.05) is 51.9 Å². The van der Waals surface area contributed by atoms with Crippen molar-refractivity contribution in [3.8, 4) is 0 Å². The van der Waals surface area contributed by atoms with Crippen LogP contribution in [0.25, 0.3) is 0 Å². The van der Waals surface area contributed by atoms with E-state index >= 15 is 0 Å². The van der Waals surface area contributed by atoms with Crippen LogP contribution in [0.4, 0.5) is 0 Å². The number of thiol groups is 1. The third-order valence-corrected chi connectivity index (χ3v) is 2.33. The minimum atomic E-state index is 0. The zero-order valence-electron chi connectivity index (χ0n) is 8.81. The average molecular weight is 197 g/mol. The van der Waals surface area contributed by atoms with Crippen LogP contribution in [0.2, 0.25) is 0 Å². The molecule has 0 aliphatic carbocycles. The predicted octanol–water partition coefficient (Wildman–Crippen LogP) is 3.68. The summed E-state index contributed by atoms with van der Waals surface area (Å²) in [7, 11) is 0. The fraction of sp³-hybridized carbons (Fsp3) is 1.00. The standard InChI is InChI=1S/C10H22S.Na/c1-2-3-4-5-6-7-8-9-10-11;/h11H,2-10H2,1H3;. The zero-order chi connectivity index (χ0) is 8.36. The maximum atomic E-state index is 4.18. The number of hydrogen-bond donors (Lipinski definition) is 1. The van der Waals surface area contributed by atoms with Gasteiger partial charge < -0.3 is 0 Å². The first kappa shape index (κ1) is 15.8. The van der Waals surface area contributed by atoms with Gasteiger partial charge in [-0.3, -0.25) is 0 Å². The summed E-state index contributed by atoms with van der Waals surface area (Å²) in [5.74, 6) is 1.06. The molecular weight excluding hydrogens is 175 g/mol. The van der Waals surface area contributed by atoms with Crippen molar-refractivity contribution in [3.63, 3.8) is 0 Å². The Bertz CT molecular complexity index is 58.9. The van der Waals surface area contributed by atoms with E-state index in [-0.39, 0.29) is 29.6 Å². The van der Waals surface area contributed by atoms with Gasteiger partial charge in [0.2, 0.25) is 0 Å². The normalized spacial score (nSPS) is 9.50. The second-order valence-corrected chi connectivity index (χ2v) is 3.65. The maximum Gasteiger partial charge on any atom is 0 e. The molecule has 0 aliphatic rings. The van der Waals surface area contributed by atoms with Gasteiger partial charge >= 0.3 is 0 Å². The van der Waals surface area contributed by atoms with Crippen molar-refractivity contribution in [2.45, 2.75) is 58.3 Å². The third-order valence-electron chi connectivity index (χ3n) is 2.01. The zero-order valence-corrected chi connectivity index (χ0v) is 11.7. The molecule has 0 spiro atoms. The summed E-state index contributed by atoms with van der Waals surface area (Å²) in [6.07, 6.45) is 11.2. The van der Waals surface area contributed by atoms with E-state index < -0.39 is 0 Å². The Kier molecular flexibility index (Phi) is 19.6. The quantitative estimate of drug-likeness (QED) is 0.342. The van der Waals surface area contributed by atoms with Gasteiger partial charge in [0, 0.05) is 29.6 Å². The molecular formula is C10H22NaS. The summed E-state index contributed by atoms with van der Waals surface area (Å²) >= 11 is 4.18. The van der Waals surface area contributed by atoms with E-state index in [0.29, 0.717) is 0 Å². The first-order valence-electron chi connectivity index (χ1n) is 5.02. The van der Waals surface area contributed by atoms with Gasteiger partial charge in [0.15, 0.2) is 0 Å². The van der Waals surface area contributed by atoms with Crippen LogP contribution in [-0.2, 0) is 0 Å². The van der Waals surface area contributed by atoms with Gasteiger partial charge in [-0.2, -0.15) is 12.6 Å². The van der Waals surface area contributed by atoms with Gasteiger partial charge in [-0.05, 0) is 12.2 Å². The van der Waals surface area contributed by atoms with Crippen LogP contribution in [0.1, 0.15) is 58.3 Å². The third kappa shape index (κ3) is 13.9. The van der Waals surface area contributed by atoms with Crippen molar-refractivity contribution in [1.82, 2.24) is 0 Å². The van der Waals surface area contributed by atoms with Crippen molar-refractivity contribution in [1.29, 1.82) is 0 Å². The maximum absolute atomic E-state index is 4.18. The molecule has 69 valence electrons. The molecule has 0 atom stereocenters. The molecule has 1 radical (unpaired) electrons. The Morgan fingerprint density at radius 2 is 1.17 bits per heavy atom. The van der Waals surface area contributed by atoms with Crippen molar-refractivity contribution in [2.24, 2.45) is 0 Å². The molecule has 0 amide bonds. The molecule has 12 heavy (non-hydrogen) atoms. The molecule has 0 nitrogen and oxygen atoms in total. The molecule has 0 fully saturated rings. The van der Waals surface area contributed by atoms with Crippen LogP contribution in [0.3, 0.4) is 0 Å². The van der Waals surface area contributed by atoms with E-state index in [1.54, 1.807) is 0 Å². The van der Waals surface area contributed by atoms with Gasteiger partial charge in [-0.25, -0.2) is 0 Å². The Balaban J connectivity index is 0. The number of unbranched alkanes of at least 4 members (excludes halogenated alkanes) is 7.